The van der Waals surface area contributed by atoms with E-state index < -0.39 is 0 Å². The van der Waals surface area contributed by atoms with Gasteiger partial charge < -0.3 is 14.7 Å². The van der Waals surface area contributed by atoms with Crippen LogP contribution in [0.25, 0.3) is 11.4 Å². The lowest BCUT2D eigenvalue weighted by molar-refractivity contribution is -0.122. The summed E-state index contributed by atoms with van der Waals surface area (Å²) in [5, 5.41) is 16.1. The predicted octanol–water partition coefficient (Wildman–Crippen LogP) is 4.45. The molecule has 2 heterocycles. The quantitative estimate of drug-likeness (QED) is 0.580. The Morgan fingerprint density at radius 1 is 1.15 bits per heavy atom. The van der Waals surface area contributed by atoms with Gasteiger partial charge >= 0.3 is 0 Å². The van der Waals surface area contributed by atoms with Gasteiger partial charge in [0, 0.05) is 43.2 Å². The molecule has 7 nitrogen and oxygen atoms in total. The molecule has 1 fully saturated rings. The Morgan fingerprint density at radius 3 is 2.48 bits per heavy atom. The maximum absolute atomic E-state index is 12.4. The van der Waals surface area contributed by atoms with Gasteiger partial charge in [-0.15, -0.1) is 0 Å². The van der Waals surface area contributed by atoms with E-state index in [2.05, 4.69) is 52.4 Å². The molecule has 1 aliphatic rings. The third-order valence-corrected chi connectivity index (χ3v) is 6.09. The lowest BCUT2D eigenvalue weighted by Crippen LogP contribution is -2.44. The van der Waals surface area contributed by atoms with Gasteiger partial charge in [0.2, 0.25) is 17.6 Å². The smallest absolute Gasteiger partial charge is 0.227 e. The van der Waals surface area contributed by atoms with E-state index >= 15 is 0 Å². The van der Waals surface area contributed by atoms with Gasteiger partial charge in [0.05, 0.1) is 11.6 Å². The van der Waals surface area contributed by atoms with E-state index in [1.165, 1.54) is 5.56 Å². The van der Waals surface area contributed by atoms with E-state index in [-0.39, 0.29) is 11.9 Å². The molecular weight excluding hydrogens is 414 g/mol. The first kappa shape index (κ1) is 22.5. The summed E-state index contributed by atoms with van der Waals surface area (Å²) in [6.45, 7) is 6.06. The Labute approximate surface area is 194 Å². The number of amides is 1. The maximum Gasteiger partial charge on any atom is 0.227 e. The topological polar surface area (TPSA) is 95.0 Å². The standard InChI is InChI=1S/C26H29N5O2/c1-18(2)20-5-7-21(8-6-20)26-29-25(33-30-26)12-11-24(32)28-22-13-15-31(16-14-22)23-9-3-19(17-27)4-10-23/h3-10,18,22H,11-16H2,1-2H3,(H,28,32). The van der Waals surface area contributed by atoms with Crippen LogP contribution in [0.15, 0.2) is 53.1 Å². The lowest BCUT2D eigenvalue weighted by atomic mass is 10.0. The van der Waals surface area contributed by atoms with Gasteiger partial charge in [0.25, 0.3) is 0 Å². The van der Waals surface area contributed by atoms with Crippen LogP contribution in [0.1, 0.15) is 56.0 Å². The fourth-order valence-corrected chi connectivity index (χ4v) is 4.04. The number of aryl methyl sites for hydroxylation is 1. The number of benzene rings is 2. The highest BCUT2D eigenvalue weighted by atomic mass is 16.5. The minimum atomic E-state index is 0.00728. The molecule has 3 aromatic rings. The van der Waals surface area contributed by atoms with Crippen LogP contribution in [0.3, 0.4) is 0 Å². The number of carbonyl (C=O) groups is 1. The molecule has 0 atom stereocenters. The van der Waals surface area contributed by atoms with E-state index in [4.69, 9.17) is 9.78 Å². The van der Waals surface area contributed by atoms with Gasteiger partial charge in [0.1, 0.15) is 0 Å². The highest BCUT2D eigenvalue weighted by Gasteiger charge is 2.21. The van der Waals surface area contributed by atoms with Crippen molar-refractivity contribution in [1.82, 2.24) is 15.5 Å². The molecule has 0 aliphatic carbocycles. The van der Waals surface area contributed by atoms with Gasteiger partial charge in [-0.3, -0.25) is 4.79 Å². The summed E-state index contributed by atoms with van der Waals surface area (Å²) in [5.74, 6) is 1.51. The molecule has 1 aromatic heterocycles. The monoisotopic (exact) mass is 443 g/mol. The molecule has 1 amide bonds. The van der Waals surface area contributed by atoms with Crippen LogP contribution >= 0.6 is 0 Å². The molecule has 1 N–H and O–H groups in total. The fourth-order valence-electron chi connectivity index (χ4n) is 4.04. The normalized spacial score (nSPS) is 14.3. The van der Waals surface area contributed by atoms with Crippen molar-refractivity contribution in [2.24, 2.45) is 0 Å². The minimum Gasteiger partial charge on any atom is -0.371 e. The summed E-state index contributed by atoms with van der Waals surface area (Å²) in [4.78, 5) is 19.2. The van der Waals surface area contributed by atoms with E-state index in [9.17, 15) is 4.79 Å². The van der Waals surface area contributed by atoms with Crippen LogP contribution in [0.2, 0.25) is 0 Å². The van der Waals surface area contributed by atoms with Gasteiger partial charge in [0.15, 0.2) is 0 Å². The van der Waals surface area contributed by atoms with Crippen molar-refractivity contribution in [3.05, 3.63) is 65.5 Å². The number of hydrogen-bond acceptors (Lipinski definition) is 6. The summed E-state index contributed by atoms with van der Waals surface area (Å²) in [6, 6.07) is 18.1. The number of carbonyl (C=O) groups excluding carboxylic acids is 1. The molecule has 1 saturated heterocycles. The lowest BCUT2D eigenvalue weighted by Gasteiger charge is -2.34. The summed E-state index contributed by atoms with van der Waals surface area (Å²) >= 11 is 0. The number of piperidine rings is 1. The summed E-state index contributed by atoms with van der Waals surface area (Å²) in [5.41, 5.74) is 3.96. The zero-order valence-electron chi connectivity index (χ0n) is 19.1. The van der Waals surface area contributed by atoms with Crippen LogP contribution < -0.4 is 10.2 Å². The molecule has 33 heavy (non-hydrogen) atoms. The molecule has 4 rings (SSSR count). The second-order valence-electron chi connectivity index (χ2n) is 8.78. The Balaban J connectivity index is 1.22. The molecule has 0 spiro atoms. The van der Waals surface area contributed by atoms with Crippen molar-refractivity contribution in [1.29, 1.82) is 5.26 Å². The first-order valence-electron chi connectivity index (χ1n) is 11.5. The first-order chi connectivity index (χ1) is 16.0. The van der Waals surface area contributed by atoms with Crippen LogP contribution in [0.5, 0.6) is 0 Å². The number of nitrogens with zero attached hydrogens (tertiary/aromatic N) is 4. The second kappa shape index (κ2) is 10.3. The van der Waals surface area contributed by atoms with Crippen LogP contribution in [-0.4, -0.2) is 35.2 Å². The van der Waals surface area contributed by atoms with Crippen LogP contribution in [-0.2, 0) is 11.2 Å². The summed E-state index contributed by atoms with van der Waals surface area (Å²) in [6.07, 6.45) is 2.53. The van der Waals surface area contributed by atoms with Gasteiger partial charge in [-0.25, -0.2) is 0 Å². The highest BCUT2D eigenvalue weighted by molar-refractivity contribution is 5.76. The van der Waals surface area contributed by atoms with E-state index in [0.717, 1.165) is 37.2 Å². The number of aromatic nitrogens is 2. The third kappa shape index (κ3) is 5.78. The molecular formula is C26H29N5O2. The van der Waals surface area contributed by atoms with Crippen molar-refractivity contribution < 1.29 is 9.32 Å². The number of hydrogen-bond donors (Lipinski definition) is 1. The average molecular weight is 444 g/mol. The SMILES string of the molecule is CC(C)c1ccc(-c2noc(CCC(=O)NC3CCN(c4ccc(C#N)cc4)CC3)n2)cc1. The Kier molecular flexibility index (Phi) is 7.04. The van der Waals surface area contributed by atoms with Crippen molar-refractivity contribution in [2.45, 2.75) is 51.5 Å². The Morgan fingerprint density at radius 2 is 1.85 bits per heavy atom. The van der Waals surface area contributed by atoms with Crippen molar-refractivity contribution in [2.75, 3.05) is 18.0 Å². The first-order valence-corrected chi connectivity index (χ1v) is 11.5. The molecule has 0 bridgehead atoms. The largest absolute Gasteiger partial charge is 0.371 e. The predicted molar refractivity (Wildman–Crippen MR) is 127 cm³/mol. The summed E-state index contributed by atoms with van der Waals surface area (Å²) < 4.78 is 5.35. The van der Waals surface area contributed by atoms with Gasteiger partial charge in [-0.1, -0.05) is 43.3 Å². The number of rotatable bonds is 7. The summed E-state index contributed by atoms with van der Waals surface area (Å²) in [7, 11) is 0. The highest BCUT2D eigenvalue weighted by Crippen LogP contribution is 2.22. The van der Waals surface area contributed by atoms with Gasteiger partial charge in [-0.05, 0) is 48.6 Å². The van der Waals surface area contributed by atoms with Crippen molar-refractivity contribution >= 4 is 11.6 Å². The zero-order valence-corrected chi connectivity index (χ0v) is 19.1. The average Bonchev–Trinajstić information content (AvgIpc) is 3.32. The molecule has 0 saturated carbocycles. The molecule has 1 aliphatic heterocycles. The van der Waals surface area contributed by atoms with E-state index in [1.54, 1.807) is 0 Å². The maximum atomic E-state index is 12.4. The molecule has 2 aromatic carbocycles. The molecule has 0 radical (unpaired) electrons. The third-order valence-electron chi connectivity index (χ3n) is 6.09. The zero-order chi connectivity index (χ0) is 23.2. The molecule has 7 heteroatoms. The number of anilines is 1. The van der Waals surface area contributed by atoms with E-state index in [0.29, 0.717) is 36.0 Å². The van der Waals surface area contributed by atoms with E-state index in [1.807, 2.05) is 36.4 Å². The molecule has 0 unspecified atom stereocenters. The number of nitrogens with one attached hydrogen (secondary N) is 1. The fraction of sp³-hybridized carbons (Fsp3) is 0.385. The van der Waals surface area contributed by atoms with Crippen molar-refractivity contribution in [3.63, 3.8) is 0 Å². The van der Waals surface area contributed by atoms with Crippen LogP contribution in [0.4, 0.5) is 5.69 Å². The number of nitriles is 1. The minimum absolute atomic E-state index is 0.00728. The molecule has 170 valence electrons. The second-order valence-corrected chi connectivity index (χ2v) is 8.78. The Bertz CT molecular complexity index is 1100. The van der Waals surface area contributed by atoms with Crippen molar-refractivity contribution in [3.8, 4) is 17.5 Å². The van der Waals surface area contributed by atoms with Crippen LogP contribution in [0, 0.1) is 11.3 Å². The Hall–Kier alpha value is -3.66. The van der Waals surface area contributed by atoms with Gasteiger partial charge in [-0.2, -0.15) is 10.2 Å².